The second kappa shape index (κ2) is 71.1. The highest BCUT2D eigenvalue weighted by atomic mass is 16.5. The highest BCUT2D eigenvalue weighted by molar-refractivity contribution is 5.76. The SMILES string of the molecule is CCCCCCC/C=C\CCCCCCCC(=O)OCCCCCCCCCCCCCCCCCCCCCCCCCCCCC(=O)NC(CO)C(O)CCCCCCCCCCCCCCCCCCCCCCCCCC. The molecule has 0 aromatic carbocycles. The lowest BCUT2D eigenvalue weighted by atomic mass is 10.0. The van der Waals surface area contributed by atoms with Gasteiger partial charge in [0.15, 0.2) is 0 Å². The van der Waals surface area contributed by atoms with E-state index in [2.05, 4.69) is 31.3 Å². The van der Waals surface area contributed by atoms with Gasteiger partial charge in [0.25, 0.3) is 0 Å². The van der Waals surface area contributed by atoms with Crippen molar-refractivity contribution in [2.24, 2.45) is 0 Å². The smallest absolute Gasteiger partial charge is 0.305 e. The topological polar surface area (TPSA) is 95.9 Å². The quantitative estimate of drug-likeness (QED) is 0.0320. The number of allylic oxidation sites excluding steroid dienone is 2. The summed E-state index contributed by atoms with van der Waals surface area (Å²) in [6.07, 6.45) is 88.5. The maximum atomic E-state index is 12.6. The standard InChI is InChI=1S/C75H147NO5/c1-3-5-7-9-11-13-15-17-19-20-21-22-23-28-31-34-37-40-43-47-51-55-59-63-67-73(78)72(71-77)76-74(79)68-64-60-56-52-48-44-41-38-35-32-29-26-24-25-27-30-33-36-39-42-46-50-54-58-62-66-70-81-75(80)69-65-61-57-53-49-45-18-16-14-12-10-8-6-4-2/h16,18,72-73,77-78H,3-15,17,19-71H2,1-2H3,(H,76,79)/b18-16-. The molecule has 1 amide bonds. The zero-order chi connectivity index (χ0) is 58.5. The normalized spacial score (nSPS) is 12.5. The predicted molar refractivity (Wildman–Crippen MR) is 357 cm³/mol. The third kappa shape index (κ3) is 67.6. The highest BCUT2D eigenvalue weighted by Gasteiger charge is 2.20. The van der Waals surface area contributed by atoms with Crippen LogP contribution in [0.4, 0.5) is 0 Å². The molecule has 0 fully saturated rings. The average molecular weight is 1140 g/mol. The van der Waals surface area contributed by atoms with Gasteiger partial charge in [0.05, 0.1) is 25.4 Å². The molecule has 2 unspecified atom stereocenters. The molecule has 0 aliphatic rings. The minimum atomic E-state index is -0.664. The second-order valence-electron chi connectivity index (χ2n) is 26.0. The van der Waals surface area contributed by atoms with E-state index in [0.717, 1.165) is 44.9 Å². The number of nitrogens with one attached hydrogen (secondary N) is 1. The van der Waals surface area contributed by atoms with E-state index in [-0.39, 0.29) is 18.5 Å². The maximum Gasteiger partial charge on any atom is 0.305 e. The molecule has 6 nitrogen and oxygen atoms in total. The number of hydrogen-bond donors (Lipinski definition) is 3. The minimum absolute atomic E-state index is 0.0100. The summed E-state index contributed by atoms with van der Waals surface area (Å²) in [4.78, 5) is 24.6. The fraction of sp³-hybridized carbons (Fsp3) is 0.947. The lowest BCUT2D eigenvalue weighted by Gasteiger charge is -2.22. The number of unbranched alkanes of at least 4 members (excludes halogenated alkanes) is 58. The lowest BCUT2D eigenvalue weighted by Crippen LogP contribution is -2.45. The maximum absolute atomic E-state index is 12.6. The largest absolute Gasteiger partial charge is 0.466 e. The molecule has 0 heterocycles. The van der Waals surface area contributed by atoms with Crippen molar-refractivity contribution in [2.45, 2.75) is 443 Å². The molecule has 6 heteroatoms. The van der Waals surface area contributed by atoms with Crippen molar-refractivity contribution >= 4 is 11.9 Å². The second-order valence-corrected chi connectivity index (χ2v) is 26.0. The van der Waals surface area contributed by atoms with Crippen LogP contribution in [0, 0.1) is 0 Å². The van der Waals surface area contributed by atoms with E-state index in [4.69, 9.17) is 4.74 Å². The lowest BCUT2D eigenvalue weighted by molar-refractivity contribution is -0.143. The van der Waals surface area contributed by atoms with E-state index < -0.39 is 12.1 Å². The van der Waals surface area contributed by atoms with Crippen LogP contribution in [0.1, 0.15) is 431 Å². The molecule has 0 rings (SSSR count). The summed E-state index contributed by atoms with van der Waals surface area (Å²) in [5, 5.41) is 23.5. The van der Waals surface area contributed by atoms with E-state index in [1.165, 1.54) is 353 Å². The Hall–Kier alpha value is -1.40. The van der Waals surface area contributed by atoms with Crippen molar-refractivity contribution in [3.8, 4) is 0 Å². The van der Waals surface area contributed by atoms with E-state index >= 15 is 0 Å². The Kier molecular flexibility index (Phi) is 69.9. The Morgan fingerprint density at radius 1 is 0.333 bits per heavy atom. The molecule has 0 saturated heterocycles. The Morgan fingerprint density at radius 2 is 0.580 bits per heavy atom. The third-order valence-electron chi connectivity index (χ3n) is 17.8. The van der Waals surface area contributed by atoms with Gasteiger partial charge in [-0.2, -0.15) is 0 Å². The molecule has 81 heavy (non-hydrogen) atoms. The summed E-state index contributed by atoms with van der Waals surface area (Å²) in [6, 6.07) is -0.541. The van der Waals surface area contributed by atoms with E-state index in [1.54, 1.807) is 0 Å². The van der Waals surface area contributed by atoms with Gasteiger partial charge in [-0.25, -0.2) is 0 Å². The molecule has 2 atom stereocenters. The van der Waals surface area contributed by atoms with Gasteiger partial charge in [-0.3, -0.25) is 9.59 Å². The summed E-state index contributed by atoms with van der Waals surface area (Å²) >= 11 is 0. The molecular formula is C75H147NO5. The summed E-state index contributed by atoms with van der Waals surface area (Å²) in [6.45, 7) is 4.99. The number of amides is 1. The fourth-order valence-corrected chi connectivity index (χ4v) is 12.1. The van der Waals surface area contributed by atoms with E-state index in [1.807, 2.05) is 0 Å². The molecule has 0 bridgehead atoms. The van der Waals surface area contributed by atoms with Crippen molar-refractivity contribution in [2.75, 3.05) is 13.2 Å². The number of carbonyl (C=O) groups is 2. The number of aliphatic hydroxyl groups is 2. The first kappa shape index (κ1) is 79.6. The number of ether oxygens (including phenoxy) is 1. The third-order valence-corrected chi connectivity index (χ3v) is 17.8. The number of rotatable bonds is 71. The van der Waals surface area contributed by atoms with Crippen LogP contribution in [0.5, 0.6) is 0 Å². The Bertz CT molecular complexity index is 1220. The van der Waals surface area contributed by atoms with E-state index in [9.17, 15) is 19.8 Å². The predicted octanol–water partition coefficient (Wildman–Crippen LogP) is 24.3. The monoisotopic (exact) mass is 1140 g/mol. The van der Waals surface area contributed by atoms with Crippen molar-refractivity contribution in [3.05, 3.63) is 12.2 Å². The average Bonchev–Trinajstić information content (AvgIpc) is 3.47. The minimum Gasteiger partial charge on any atom is -0.466 e. The zero-order valence-electron chi connectivity index (χ0n) is 55.3. The first-order valence-corrected chi connectivity index (χ1v) is 37.4. The van der Waals surface area contributed by atoms with Crippen molar-refractivity contribution in [1.29, 1.82) is 0 Å². The molecule has 0 aliphatic heterocycles. The summed E-state index contributed by atoms with van der Waals surface area (Å²) in [5.41, 5.74) is 0. The van der Waals surface area contributed by atoms with Crippen LogP contribution in [0.15, 0.2) is 12.2 Å². The van der Waals surface area contributed by atoms with Crippen molar-refractivity contribution < 1.29 is 24.5 Å². The Morgan fingerprint density at radius 3 is 0.877 bits per heavy atom. The van der Waals surface area contributed by atoms with Gasteiger partial charge in [0.2, 0.25) is 5.91 Å². The van der Waals surface area contributed by atoms with Gasteiger partial charge >= 0.3 is 5.97 Å². The first-order chi connectivity index (χ1) is 40.0. The Labute approximate surface area is 508 Å². The zero-order valence-corrected chi connectivity index (χ0v) is 55.3. The highest BCUT2D eigenvalue weighted by Crippen LogP contribution is 2.20. The van der Waals surface area contributed by atoms with Gasteiger partial charge in [-0.15, -0.1) is 0 Å². The van der Waals surface area contributed by atoms with Crippen molar-refractivity contribution in [3.63, 3.8) is 0 Å². The van der Waals surface area contributed by atoms with Crippen LogP contribution in [-0.4, -0.2) is 47.4 Å². The Balaban J connectivity index is 3.35. The van der Waals surface area contributed by atoms with Crippen LogP contribution in [-0.2, 0) is 14.3 Å². The molecule has 3 N–H and O–H groups in total. The van der Waals surface area contributed by atoms with Gasteiger partial charge in [-0.05, 0) is 51.4 Å². The fourth-order valence-electron chi connectivity index (χ4n) is 12.1. The number of esters is 1. The molecular weight excluding hydrogens is 995 g/mol. The van der Waals surface area contributed by atoms with Crippen LogP contribution in [0.2, 0.25) is 0 Å². The van der Waals surface area contributed by atoms with Crippen molar-refractivity contribution in [1.82, 2.24) is 5.32 Å². The molecule has 0 aromatic heterocycles. The van der Waals surface area contributed by atoms with Gasteiger partial charge in [-0.1, -0.05) is 379 Å². The van der Waals surface area contributed by atoms with Gasteiger partial charge < -0.3 is 20.3 Å². The van der Waals surface area contributed by atoms with Crippen LogP contribution < -0.4 is 5.32 Å². The van der Waals surface area contributed by atoms with Crippen LogP contribution in [0.25, 0.3) is 0 Å². The summed E-state index contributed by atoms with van der Waals surface area (Å²) in [7, 11) is 0. The summed E-state index contributed by atoms with van der Waals surface area (Å²) in [5.74, 6) is -0.0170. The first-order valence-electron chi connectivity index (χ1n) is 37.4. The number of aliphatic hydroxyl groups excluding tert-OH is 2. The van der Waals surface area contributed by atoms with Crippen LogP contribution in [0.3, 0.4) is 0 Å². The van der Waals surface area contributed by atoms with Crippen LogP contribution >= 0.6 is 0 Å². The van der Waals surface area contributed by atoms with E-state index in [0.29, 0.717) is 25.9 Å². The molecule has 0 spiro atoms. The number of carbonyl (C=O) groups excluding carboxylic acids is 2. The van der Waals surface area contributed by atoms with Gasteiger partial charge in [0.1, 0.15) is 0 Å². The molecule has 0 radical (unpaired) electrons. The molecule has 482 valence electrons. The number of hydrogen-bond acceptors (Lipinski definition) is 5. The molecule has 0 saturated carbocycles. The molecule has 0 aliphatic carbocycles. The van der Waals surface area contributed by atoms with Gasteiger partial charge in [0, 0.05) is 12.8 Å². The molecule has 0 aromatic rings. The summed E-state index contributed by atoms with van der Waals surface area (Å²) < 4.78 is 5.49.